The van der Waals surface area contributed by atoms with Crippen LogP contribution in [0.1, 0.15) is 52.1 Å². The number of nitrogens with zero attached hydrogens (tertiary/aromatic N) is 3. The minimum atomic E-state index is -3.96. The van der Waals surface area contributed by atoms with Crippen molar-refractivity contribution in [1.29, 1.82) is 0 Å². The number of carbonyl (C=O) groups is 1. The topological polar surface area (TPSA) is 66.8 Å². The Bertz CT molecular complexity index is 1750. The van der Waals surface area contributed by atoms with Crippen LogP contribution in [0.4, 0.5) is 18.9 Å². The lowest BCUT2D eigenvalue weighted by molar-refractivity contribution is -0.130. The molecule has 0 aliphatic carbocycles. The van der Waals surface area contributed by atoms with Crippen molar-refractivity contribution >= 4 is 35.0 Å². The van der Waals surface area contributed by atoms with Crippen LogP contribution >= 0.6 is 23.4 Å². The standard InChI is InChI=1S/C30H27ClN4O3S.C3H5F3/c1-33(2)23-13-8-11-20-17-39-24-14-7-6-12-21(24)26(25(20)23)35-18-32-30(37)27-29(28(36)22(31)15-34(27)35)38-16-19-9-4-3-5-10-19;1-2-3(4,5)6/h3-15,26H,16-18H2,1-2H3,(H,32,37);2H2,1H3. The van der Waals surface area contributed by atoms with Crippen molar-refractivity contribution in [2.45, 2.75) is 42.8 Å². The molecule has 45 heavy (non-hydrogen) atoms. The largest absolute Gasteiger partial charge is 0.482 e. The molecule has 12 heteroatoms. The molecular formula is C33H32ClF3N4O3S. The van der Waals surface area contributed by atoms with Crippen molar-refractivity contribution in [2.75, 3.05) is 30.7 Å². The number of nitrogens with one attached hydrogen (secondary N) is 1. The van der Waals surface area contributed by atoms with Gasteiger partial charge in [-0.05, 0) is 28.8 Å². The summed E-state index contributed by atoms with van der Waals surface area (Å²) in [4.78, 5) is 29.8. The van der Waals surface area contributed by atoms with Crippen LogP contribution in [0.25, 0.3) is 0 Å². The number of halogens is 4. The predicted octanol–water partition coefficient (Wildman–Crippen LogP) is 7.14. The van der Waals surface area contributed by atoms with Crippen molar-refractivity contribution in [3.63, 3.8) is 0 Å². The highest BCUT2D eigenvalue weighted by Gasteiger charge is 2.37. The first-order valence-corrected chi connectivity index (χ1v) is 15.6. The summed E-state index contributed by atoms with van der Waals surface area (Å²) in [5, 5.41) is 5.02. The van der Waals surface area contributed by atoms with E-state index in [1.54, 1.807) is 16.4 Å². The smallest absolute Gasteiger partial charge is 0.388 e. The Hall–Kier alpha value is -4.09. The van der Waals surface area contributed by atoms with Gasteiger partial charge in [0.15, 0.2) is 11.4 Å². The zero-order valence-corrected chi connectivity index (χ0v) is 26.5. The molecule has 1 N–H and O–H groups in total. The molecule has 0 saturated carbocycles. The maximum Gasteiger partial charge on any atom is 0.388 e. The number of hydrogen-bond donors (Lipinski definition) is 1. The van der Waals surface area contributed by atoms with Gasteiger partial charge in [0.25, 0.3) is 5.91 Å². The van der Waals surface area contributed by atoms with E-state index in [-0.39, 0.29) is 41.7 Å². The highest BCUT2D eigenvalue weighted by molar-refractivity contribution is 7.98. The van der Waals surface area contributed by atoms with Gasteiger partial charge in [0.1, 0.15) is 24.3 Å². The van der Waals surface area contributed by atoms with Gasteiger partial charge in [-0.2, -0.15) is 13.2 Å². The lowest BCUT2D eigenvalue weighted by atomic mass is 9.92. The number of pyridine rings is 1. The van der Waals surface area contributed by atoms with Crippen molar-refractivity contribution in [3.8, 4) is 5.75 Å². The van der Waals surface area contributed by atoms with E-state index in [1.807, 2.05) is 61.6 Å². The van der Waals surface area contributed by atoms with Crippen LogP contribution in [-0.2, 0) is 12.4 Å². The van der Waals surface area contributed by atoms with E-state index < -0.39 is 18.0 Å². The maximum atomic E-state index is 13.3. The average molecular weight is 657 g/mol. The van der Waals surface area contributed by atoms with Gasteiger partial charge in [-0.3, -0.25) is 19.3 Å². The van der Waals surface area contributed by atoms with Crippen molar-refractivity contribution < 1.29 is 22.7 Å². The van der Waals surface area contributed by atoms with Gasteiger partial charge in [0.2, 0.25) is 5.43 Å². The van der Waals surface area contributed by atoms with E-state index in [4.69, 9.17) is 16.3 Å². The molecule has 3 heterocycles. The summed E-state index contributed by atoms with van der Waals surface area (Å²) in [5.74, 6) is 0.361. The Labute approximate surface area is 268 Å². The summed E-state index contributed by atoms with van der Waals surface area (Å²) in [5.41, 5.74) is 5.04. The molecule has 2 aliphatic rings. The first-order chi connectivity index (χ1) is 21.5. The molecule has 1 atom stereocenters. The maximum absolute atomic E-state index is 13.3. The average Bonchev–Trinajstić information content (AvgIpc) is 3.19. The second-order valence-electron chi connectivity index (χ2n) is 10.6. The number of thioether (sulfide) groups is 1. The molecule has 1 unspecified atom stereocenters. The molecule has 0 saturated heterocycles. The van der Waals surface area contributed by atoms with Crippen molar-refractivity contribution in [1.82, 2.24) is 9.99 Å². The number of amides is 1. The molecule has 0 bridgehead atoms. The number of aromatic nitrogens is 1. The van der Waals surface area contributed by atoms with Gasteiger partial charge in [0, 0.05) is 48.6 Å². The Kier molecular flexibility index (Phi) is 9.69. The van der Waals surface area contributed by atoms with Crippen LogP contribution in [0.5, 0.6) is 5.75 Å². The SMILES string of the molecule is CCC(F)(F)F.CN(C)c1cccc2c1C(N1CNC(=O)c3c(OCc4ccccc4)c(=O)c(Cl)cn31)c1ccccc1SC2. The monoisotopic (exact) mass is 656 g/mol. The molecule has 3 aromatic carbocycles. The highest BCUT2D eigenvalue weighted by atomic mass is 35.5. The fraction of sp³-hybridized carbons (Fsp3) is 0.273. The number of alkyl halides is 3. The number of ether oxygens (including phenoxy) is 1. The summed E-state index contributed by atoms with van der Waals surface area (Å²) in [6.07, 6.45) is -3.15. The number of anilines is 1. The Morgan fingerprint density at radius 3 is 2.40 bits per heavy atom. The zero-order chi connectivity index (χ0) is 32.3. The van der Waals surface area contributed by atoms with E-state index in [9.17, 15) is 22.8 Å². The van der Waals surface area contributed by atoms with Gasteiger partial charge >= 0.3 is 6.18 Å². The summed E-state index contributed by atoms with van der Waals surface area (Å²) in [7, 11) is 4.07. The molecule has 236 valence electrons. The lowest BCUT2D eigenvalue weighted by Gasteiger charge is -2.41. The molecule has 4 aromatic rings. The molecule has 0 fully saturated rings. The molecule has 6 rings (SSSR count). The van der Waals surface area contributed by atoms with E-state index in [0.717, 1.165) is 39.9 Å². The molecule has 7 nitrogen and oxygen atoms in total. The lowest BCUT2D eigenvalue weighted by Crippen LogP contribution is -2.54. The van der Waals surface area contributed by atoms with Crippen molar-refractivity contribution in [2.24, 2.45) is 0 Å². The molecule has 0 spiro atoms. The van der Waals surface area contributed by atoms with Gasteiger partial charge in [0.05, 0.1) is 0 Å². The van der Waals surface area contributed by atoms with Gasteiger partial charge in [-0.25, -0.2) is 0 Å². The summed E-state index contributed by atoms with van der Waals surface area (Å²) in [6.45, 7) is 1.43. The second kappa shape index (κ2) is 13.5. The number of carbonyl (C=O) groups excluding carboxylic acids is 1. The summed E-state index contributed by atoms with van der Waals surface area (Å²) >= 11 is 8.31. The predicted molar refractivity (Wildman–Crippen MR) is 172 cm³/mol. The fourth-order valence-electron chi connectivity index (χ4n) is 5.24. The van der Waals surface area contributed by atoms with E-state index in [1.165, 1.54) is 11.8 Å². The number of rotatable bonds is 5. The second-order valence-corrected chi connectivity index (χ2v) is 12.1. The van der Waals surface area contributed by atoms with Crippen LogP contribution in [0.15, 0.2) is 88.7 Å². The highest BCUT2D eigenvalue weighted by Crippen LogP contribution is 2.45. The summed E-state index contributed by atoms with van der Waals surface area (Å²) in [6, 6.07) is 23.9. The molecule has 1 amide bonds. The van der Waals surface area contributed by atoms with Crippen LogP contribution in [0.2, 0.25) is 5.02 Å². The Morgan fingerprint density at radius 1 is 1.02 bits per heavy atom. The van der Waals surface area contributed by atoms with Crippen LogP contribution < -0.4 is 25.4 Å². The van der Waals surface area contributed by atoms with Gasteiger partial charge < -0.3 is 15.0 Å². The normalized spacial score (nSPS) is 15.4. The molecule has 2 aliphatic heterocycles. The molecule has 0 radical (unpaired) electrons. The molecule has 1 aromatic heterocycles. The van der Waals surface area contributed by atoms with Gasteiger partial charge in [-0.1, -0.05) is 79.2 Å². The molecular weight excluding hydrogens is 625 g/mol. The van der Waals surface area contributed by atoms with Crippen LogP contribution in [-0.4, -0.2) is 37.5 Å². The van der Waals surface area contributed by atoms with Crippen LogP contribution in [0.3, 0.4) is 0 Å². The third-order valence-electron chi connectivity index (χ3n) is 7.45. The fourth-order valence-corrected chi connectivity index (χ4v) is 6.50. The van der Waals surface area contributed by atoms with E-state index in [0.29, 0.717) is 0 Å². The zero-order valence-electron chi connectivity index (χ0n) is 24.9. The third-order valence-corrected chi connectivity index (χ3v) is 8.85. The number of hydrogen-bond acceptors (Lipinski definition) is 6. The third kappa shape index (κ3) is 6.94. The minimum absolute atomic E-state index is 0.0149. The quantitative estimate of drug-likeness (QED) is 0.246. The first kappa shape index (κ1) is 32.3. The van der Waals surface area contributed by atoms with E-state index in [2.05, 4.69) is 40.5 Å². The number of fused-ring (bicyclic) bond motifs is 3. The minimum Gasteiger partial charge on any atom is -0.482 e. The Morgan fingerprint density at radius 2 is 1.71 bits per heavy atom. The van der Waals surface area contributed by atoms with E-state index >= 15 is 0 Å². The summed E-state index contributed by atoms with van der Waals surface area (Å²) < 4.78 is 40.1. The van der Waals surface area contributed by atoms with Crippen LogP contribution in [0, 0.1) is 0 Å². The Balaban J connectivity index is 0.000000609. The van der Waals surface area contributed by atoms with Gasteiger partial charge in [-0.15, -0.1) is 11.8 Å². The van der Waals surface area contributed by atoms with Crippen molar-refractivity contribution in [3.05, 3.63) is 122 Å². The number of benzene rings is 3. The first-order valence-electron chi connectivity index (χ1n) is 14.2.